The number of piperidine rings is 1. The molecule has 2 amide bonds. The molecule has 1 aliphatic heterocycles. The van der Waals surface area contributed by atoms with E-state index in [9.17, 15) is 9.59 Å². The van der Waals surface area contributed by atoms with Gasteiger partial charge in [0, 0.05) is 56.9 Å². The zero-order chi connectivity index (χ0) is 21.9. The summed E-state index contributed by atoms with van der Waals surface area (Å²) in [5, 5.41) is 12.0. The first-order chi connectivity index (χ1) is 15.2. The fourth-order valence-corrected chi connectivity index (χ4v) is 3.78. The normalized spacial score (nSPS) is 14.5. The third kappa shape index (κ3) is 7.19. The van der Waals surface area contributed by atoms with Crippen molar-refractivity contribution < 1.29 is 9.59 Å². The van der Waals surface area contributed by atoms with Gasteiger partial charge in [0.15, 0.2) is 0 Å². The summed E-state index contributed by atoms with van der Waals surface area (Å²) in [4.78, 5) is 33.4. The molecule has 3 rings (SSSR count). The van der Waals surface area contributed by atoms with E-state index in [4.69, 9.17) is 5.26 Å². The number of rotatable bonds is 9. The first kappa shape index (κ1) is 22.4. The third-order valence-electron chi connectivity index (χ3n) is 5.45. The van der Waals surface area contributed by atoms with Gasteiger partial charge in [0.2, 0.25) is 11.8 Å². The third-order valence-corrected chi connectivity index (χ3v) is 5.45. The molecule has 0 spiro atoms. The highest BCUT2D eigenvalue weighted by atomic mass is 16.2. The van der Waals surface area contributed by atoms with Crippen molar-refractivity contribution in [3.8, 4) is 6.07 Å². The van der Waals surface area contributed by atoms with Gasteiger partial charge in [0.25, 0.3) is 0 Å². The summed E-state index contributed by atoms with van der Waals surface area (Å²) in [6, 6.07) is 17.4. The minimum Gasteiger partial charge on any atom is -0.353 e. The second-order valence-corrected chi connectivity index (χ2v) is 7.73. The van der Waals surface area contributed by atoms with Gasteiger partial charge in [-0.2, -0.15) is 5.26 Å². The monoisotopic (exact) mass is 419 g/mol. The molecule has 7 heteroatoms. The maximum atomic E-state index is 12.7. The van der Waals surface area contributed by atoms with Crippen LogP contribution in [0, 0.1) is 11.3 Å². The number of aromatic nitrogens is 1. The fraction of sp³-hybridized carbons (Fsp3) is 0.417. The van der Waals surface area contributed by atoms with E-state index in [0.29, 0.717) is 6.54 Å². The first-order valence-electron chi connectivity index (χ1n) is 10.8. The smallest absolute Gasteiger partial charge is 0.227 e. The molecule has 2 aromatic rings. The van der Waals surface area contributed by atoms with Crippen molar-refractivity contribution in [3.63, 3.8) is 0 Å². The van der Waals surface area contributed by atoms with Crippen molar-refractivity contribution in [2.75, 3.05) is 24.5 Å². The van der Waals surface area contributed by atoms with E-state index in [0.717, 1.165) is 43.9 Å². The number of pyridine rings is 1. The molecule has 1 aliphatic rings. The predicted molar refractivity (Wildman–Crippen MR) is 119 cm³/mol. The second-order valence-electron chi connectivity index (χ2n) is 7.73. The number of carbonyl (C=O) groups is 2. The Morgan fingerprint density at radius 3 is 2.52 bits per heavy atom. The molecule has 7 nitrogen and oxygen atoms in total. The van der Waals surface area contributed by atoms with Crippen molar-refractivity contribution in [1.82, 2.24) is 15.2 Å². The van der Waals surface area contributed by atoms with Crippen LogP contribution in [0.1, 0.15) is 37.8 Å². The van der Waals surface area contributed by atoms with E-state index >= 15 is 0 Å². The van der Waals surface area contributed by atoms with Gasteiger partial charge < -0.3 is 10.2 Å². The van der Waals surface area contributed by atoms with Crippen LogP contribution in [0.3, 0.4) is 0 Å². The standard InChI is InChI=1S/C24H29N5O2/c25-14-6-16-29(22-8-2-1-3-9-22)24(31)11-10-23(30)27-20-12-17-28(18-13-20)19-21-7-4-5-15-26-21/h1-5,7-9,15,20H,6,10-13,16-19H2,(H,27,30). The topological polar surface area (TPSA) is 89.3 Å². The van der Waals surface area contributed by atoms with Crippen LogP contribution < -0.4 is 10.2 Å². The van der Waals surface area contributed by atoms with Gasteiger partial charge in [-0.15, -0.1) is 0 Å². The lowest BCUT2D eigenvalue weighted by molar-refractivity contribution is -0.125. The molecule has 31 heavy (non-hydrogen) atoms. The number of para-hydroxylation sites is 1. The Hall–Kier alpha value is -3.24. The highest BCUT2D eigenvalue weighted by Crippen LogP contribution is 2.16. The zero-order valence-electron chi connectivity index (χ0n) is 17.7. The van der Waals surface area contributed by atoms with Crippen molar-refractivity contribution in [3.05, 3.63) is 60.4 Å². The molecular weight excluding hydrogens is 390 g/mol. The van der Waals surface area contributed by atoms with Crippen LogP contribution in [0.5, 0.6) is 0 Å². The lowest BCUT2D eigenvalue weighted by Crippen LogP contribution is -2.44. The molecule has 0 bridgehead atoms. The van der Waals surface area contributed by atoms with Gasteiger partial charge >= 0.3 is 0 Å². The highest BCUT2D eigenvalue weighted by Gasteiger charge is 2.22. The van der Waals surface area contributed by atoms with E-state index in [1.54, 1.807) is 4.90 Å². The molecule has 0 unspecified atom stereocenters. The van der Waals surface area contributed by atoms with Gasteiger partial charge in [-0.1, -0.05) is 24.3 Å². The van der Waals surface area contributed by atoms with Crippen LogP contribution in [0.2, 0.25) is 0 Å². The van der Waals surface area contributed by atoms with Crippen LogP contribution >= 0.6 is 0 Å². The summed E-state index contributed by atoms with van der Waals surface area (Å²) in [6.07, 6.45) is 4.13. The van der Waals surface area contributed by atoms with Crippen LogP contribution in [0.15, 0.2) is 54.7 Å². The summed E-state index contributed by atoms with van der Waals surface area (Å²) < 4.78 is 0. The van der Waals surface area contributed by atoms with E-state index in [1.165, 1.54) is 0 Å². The molecule has 1 N–H and O–H groups in total. The number of nitrogens with zero attached hydrogens (tertiary/aromatic N) is 4. The molecule has 0 radical (unpaired) electrons. The highest BCUT2D eigenvalue weighted by molar-refractivity contribution is 5.95. The van der Waals surface area contributed by atoms with E-state index < -0.39 is 0 Å². The van der Waals surface area contributed by atoms with Crippen LogP contribution in [-0.4, -0.2) is 47.4 Å². The molecule has 1 aromatic carbocycles. The van der Waals surface area contributed by atoms with Gasteiger partial charge in [0.1, 0.15) is 0 Å². The summed E-state index contributed by atoms with van der Waals surface area (Å²) in [5.41, 5.74) is 1.81. The number of hydrogen-bond donors (Lipinski definition) is 1. The maximum Gasteiger partial charge on any atom is 0.227 e. The van der Waals surface area contributed by atoms with E-state index in [-0.39, 0.29) is 37.1 Å². The molecule has 1 saturated heterocycles. The number of likely N-dealkylation sites (tertiary alicyclic amines) is 1. The largest absolute Gasteiger partial charge is 0.353 e. The SMILES string of the molecule is N#CCCN(C(=O)CCC(=O)NC1CCN(Cc2ccccn2)CC1)c1ccccc1. The van der Waals surface area contributed by atoms with Crippen molar-refractivity contribution in [2.45, 2.75) is 44.7 Å². The van der Waals surface area contributed by atoms with E-state index in [2.05, 4.69) is 21.3 Å². The molecule has 1 aromatic heterocycles. The van der Waals surface area contributed by atoms with Gasteiger partial charge in [-0.25, -0.2) is 0 Å². The molecule has 0 aliphatic carbocycles. The Labute approximate surface area is 183 Å². The number of benzene rings is 1. The average Bonchev–Trinajstić information content (AvgIpc) is 2.81. The van der Waals surface area contributed by atoms with Crippen molar-refractivity contribution >= 4 is 17.5 Å². The second kappa shape index (κ2) is 11.8. The lowest BCUT2D eigenvalue weighted by atomic mass is 10.0. The molecule has 162 valence electrons. The molecule has 2 heterocycles. The number of nitriles is 1. The number of anilines is 1. The Balaban J connectivity index is 1.41. The van der Waals surface area contributed by atoms with Gasteiger partial charge in [-0.05, 0) is 37.1 Å². The van der Waals surface area contributed by atoms with Crippen LogP contribution in [-0.2, 0) is 16.1 Å². The fourth-order valence-electron chi connectivity index (χ4n) is 3.78. The first-order valence-corrected chi connectivity index (χ1v) is 10.8. The zero-order valence-corrected chi connectivity index (χ0v) is 17.7. The quantitative estimate of drug-likeness (QED) is 0.675. The van der Waals surface area contributed by atoms with Gasteiger partial charge in [0.05, 0.1) is 18.2 Å². The number of carbonyl (C=O) groups excluding carboxylic acids is 2. The Morgan fingerprint density at radius 1 is 1.10 bits per heavy atom. The number of amides is 2. The Morgan fingerprint density at radius 2 is 1.84 bits per heavy atom. The Kier molecular flexibility index (Phi) is 8.56. The van der Waals surface area contributed by atoms with Crippen molar-refractivity contribution in [1.29, 1.82) is 5.26 Å². The van der Waals surface area contributed by atoms with Crippen LogP contribution in [0.25, 0.3) is 0 Å². The van der Waals surface area contributed by atoms with E-state index in [1.807, 2.05) is 54.7 Å². The lowest BCUT2D eigenvalue weighted by Gasteiger charge is -2.32. The number of nitrogens with one attached hydrogen (secondary N) is 1. The summed E-state index contributed by atoms with van der Waals surface area (Å²) >= 11 is 0. The van der Waals surface area contributed by atoms with Gasteiger partial charge in [-0.3, -0.25) is 19.5 Å². The number of hydrogen-bond acceptors (Lipinski definition) is 5. The summed E-state index contributed by atoms with van der Waals surface area (Å²) in [7, 11) is 0. The molecule has 1 fully saturated rings. The molecular formula is C24H29N5O2. The predicted octanol–water partition coefficient (Wildman–Crippen LogP) is 2.89. The summed E-state index contributed by atoms with van der Waals surface area (Å²) in [6.45, 7) is 2.98. The minimum absolute atomic E-state index is 0.0928. The summed E-state index contributed by atoms with van der Waals surface area (Å²) in [5.74, 6) is -0.230. The van der Waals surface area contributed by atoms with Crippen molar-refractivity contribution in [2.24, 2.45) is 0 Å². The maximum absolute atomic E-state index is 12.7. The Bertz CT molecular complexity index is 874. The minimum atomic E-state index is -0.137. The van der Waals surface area contributed by atoms with Crippen LogP contribution in [0.4, 0.5) is 5.69 Å². The average molecular weight is 420 g/mol. The molecule has 0 atom stereocenters. The molecule has 0 saturated carbocycles.